The van der Waals surface area contributed by atoms with Gasteiger partial charge in [0, 0.05) is 4.88 Å². The quantitative estimate of drug-likeness (QED) is 0.461. The molecule has 0 spiro atoms. The number of nitrogens with zero attached hydrogens (tertiary/aromatic N) is 2. The number of rotatable bonds is 7. The third-order valence-corrected chi connectivity index (χ3v) is 7.00. The first-order chi connectivity index (χ1) is 13.9. The number of amides is 1. The van der Waals surface area contributed by atoms with Gasteiger partial charge in [-0.1, -0.05) is 36.4 Å². The zero-order valence-corrected chi connectivity index (χ0v) is 17.7. The number of hydrogen-bond donors (Lipinski definition) is 1. The van der Waals surface area contributed by atoms with Crippen molar-refractivity contribution in [3.63, 3.8) is 0 Å². The molecule has 8 heteroatoms. The van der Waals surface area contributed by atoms with Gasteiger partial charge >= 0.3 is 0 Å². The largest absolute Gasteiger partial charge is 0.271 e. The molecule has 1 N–H and O–H groups in total. The molecule has 0 radical (unpaired) electrons. The van der Waals surface area contributed by atoms with Crippen LogP contribution in [0.25, 0.3) is 0 Å². The van der Waals surface area contributed by atoms with Crippen LogP contribution in [-0.2, 0) is 14.8 Å². The van der Waals surface area contributed by atoms with Gasteiger partial charge in [-0.3, -0.25) is 9.10 Å². The van der Waals surface area contributed by atoms with E-state index in [1.807, 2.05) is 24.4 Å². The fourth-order valence-corrected chi connectivity index (χ4v) is 5.00. The molecule has 0 atom stereocenters. The van der Waals surface area contributed by atoms with Crippen LogP contribution < -0.4 is 9.73 Å². The highest BCUT2D eigenvalue weighted by atomic mass is 32.2. The first-order valence-corrected chi connectivity index (χ1v) is 11.2. The summed E-state index contributed by atoms with van der Waals surface area (Å²) in [5.41, 5.74) is 4.68. The smallest absolute Gasteiger partial charge is 0.264 e. The molecule has 3 aromatic rings. The van der Waals surface area contributed by atoms with Crippen LogP contribution in [0.2, 0.25) is 0 Å². The topological polar surface area (TPSA) is 78.8 Å². The summed E-state index contributed by atoms with van der Waals surface area (Å²) in [6.45, 7) is 3.37. The number of carbonyl (C=O) groups excluding carboxylic acids is 1. The predicted octanol–water partition coefficient (Wildman–Crippen LogP) is 3.71. The SMILES string of the molecule is Cc1ccccc1N(CC(=O)N/N=C/c1sccc1C)S(=O)(=O)c1ccccc1. The van der Waals surface area contributed by atoms with Crippen LogP contribution in [0.15, 0.2) is 76.0 Å². The minimum absolute atomic E-state index is 0.119. The van der Waals surface area contributed by atoms with Crippen LogP contribution in [0.4, 0.5) is 5.69 Å². The molecule has 0 aliphatic heterocycles. The zero-order chi connectivity index (χ0) is 20.9. The Morgan fingerprint density at radius 2 is 1.72 bits per heavy atom. The number of aryl methyl sites for hydroxylation is 2. The van der Waals surface area contributed by atoms with Gasteiger partial charge in [-0.25, -0.2) is 13.8 Å². The van der Waals surface area contributed by atoms with Gasteiger partial charge in [0.05, 0.1) is 16.8 Å². The van der Waals surface area contributed by atoms with E-state index < -0.39 is 15.9 Å². The second kappa shape index (κ2) is 9.02. The van der Waals surface area contributed by atoms with Crippen molar-refractivity contribution in [1.82, 2.24) is 5.43 Å². The molecule has 0 saturated heterocycles. The van der Waals surface area contributed by atoms with Crippen LogP contribution in [0.1, 0.15) is 16.0 Å². The van der Waals surface area contributed by atoms with E-state index in [0.29, 0.717) is 5.69 Å². The van der Waals surface area contributed by atoms with E-state index in [-0.39, 0.29) is 11.4 Å². The van der Waals surface area contributed by atoms with Crippen molar-refractivity contribution >= 4 is 39.2 Å². The average molecular weight is 428 g/mol. The van der Waals surface area contributed by atoms with Gasteiger partial charge in [-0.05, 0) is 54.6 Å². The molecular weight excluding hydrogens is 406 g/mol. The van der Waals surface area contributed by atoms with E-state index in [4.69, 9.17) is 0 Å². The van der Waals surface area contributed by atoms with E-state index in [1.54, 1.807) is 49.5 Å². The highest BCUT2D eigenvalue weighted by Crippen LogP contribution is 2.26. The van der Waals surface area contributed by atoms with Crippen LogP contribution >= 0.6 is 11.3 Å². The Labute approximate surface area is 174 Å². The third-order valence-electron chi connectivity index (χ3n) is 4.28. The molecule has 3 rings (SSSR count). The van der Waals surface area contributed by atoms with Crippen molar-refractivity contribution in [3.05, 3.63) is 82.0 Å². The maximum atomic E-state index is 13.2. The molecule has 1 amide bonds. The maximum Gasteiger partial charge on any atom is 0.264 e. The summed E-state index contributed by atoms with van der Waals surface area (Å²) >= 11 is 1.51. The second-order valence-electron chi connectivity index (χ2n) is 6.37. The lowest BCUT2D eigenvalue weighted by Gasteiger charge is -2.25. The highest BCUT2D eigenvalue weighted by molar-refractivity contribution is 7.92. The van der Waals surface area contributed by atoms with Gasteiger partial charge in [0.15, 0.2) is 0 Å². The number of carbonyl (C=O) groups is 1. The van der Waals surface area contributed by atoms with E-state index in [0.717, 1.165) is 20.3 Å². The molecule has 1 heterocycles. The molecule has 29 heavy (non-hydrogen) atoms. The van der Waals surface area contributed by atoms with E-state index in [1.165, 1.54) is 23.5 Å². The number of nitrogens with one attached hydrogen (secondary N) is 1. The highest BCUT2D eigenvalue weighted by Gasteiger charge is 2.27. The number of anilines is 1. The van der Waals surface area contributed by atoms with Crippen molar-refractivity contribution in [1.29, 1.82) is 0 Å². The summed E-state index contributed by atoms with van der Waals surface area (Å²) in [5, 5.41) is 5.90. The molecule has 1 aromatic heterocycles. The molecule has 6 nitrogen and oxygen atoms in total. The van der Waals surface area contributed by atoms with Crippen molar-refractivity contribution in [2.45, 2.75) is 18.7 Å². The van der Waals surface area contributed by atoms with E-state index in [2.05, 4.69) is 10.5 Å². The fourth-order valence-electron chi connectivity index (χ4n) is 2.71. The van der Waals surface area contributed by atoms with Gasteiger partial charge < -0.3 is 0 Å². The number of thiophene rings is 1. The third kappa shape index (κ3) is 4.90. The van der Waals surface area contributed by atoms with Crippen molar-refractivity contribution < 1.29 is 13.2 Å². The molecule has 150 valence electrons. The molecule has 0 aliphatic rings. The summed E-state index contributed by atoms with van der Waals surface area (Å²) in [4.78, 5) is 13.5. The van der Waals surface area contributed by atoms with Gasteiger partial charge in [-0.15, -0.1) is 11.3 Å². The first kappa shape index (κ1) is 20.8. The molecule has 2 aromatic carbocycles. The van der Waals surface area contributed by atoms with Crippen LogP contribution in [-0.4, -0.2) is 27.1 Å². The van der Waals surface area contributed by atoms with Crippen molar-refractivity contribution in [2.75, 3.05) is 10.8 Å². The Kier molecular flexibility index (Phi) is 6.46. The zero-order valence-electron chi connectivity index (χ0n) is 16.1. The predicted molar refractivity (Wildman–Crippen MR) is 117 cm³/mol. The standard InChI is InChI=1S/C21H21N3O3S2/c1-16-8-6-7-11-19(16)24(29(26,27)18-9-4-3-5-10-18)15-21(25)23-22-14-20-17(2)12-13-28-20/h3-14H,15H2,1-2H3,(H,23,25)/b22-14+. The minimum Gasteiger partial charge on any atom is -0.271 e. The summed E-state index contributed by atoms with van der Waals surface area (Å²) < 4.78 is 27.6. The van der Waals surface area contributed by atoms with Gasteiger partial charge in [0.25, 0.3) is 15.9 Å². The Balaban J connectivity index is 1.86. The van der Waals surface area contributed by atoms with Gasteiger partial charge in [0.1, 0.15) is 6.54 Å². The number of hydrogen-bond acceptors (Lipinski definition) is 5. The maximum absolute atomic E-state index is 13.2. The van der Waals surface area contributed by atoms with E-state index >= 15 is 0 Å². The van der Waals surface area contributed by atoms with Gasteiger partial charge in [0.2, 0.25) is 0 Å². The van der Waals surface area contributed by atoms with E-state index in [9.17, 15) is 13.2 Å². The second-order valence-corrected chi connectivity index (χ2v) is 9.18. The summed E-state index contributed by atoms with van der Waals surface area (Å²) in [6, 6.07) is 17.1. The summed E-state index contributed by atoms with van der Waals surface area (Å²) in [5.74, 6) is -0.529. The lowest BCUT2D eigenvalue weighted by molar-refractivity contribution is -0.119. The van der Waals surface area contributed by atoms with Crippen molar-refractivity contribution in [2.24, 2.45) is 5.10 Å². The summed E-state index contributed by atoms with van der Waals surface area (Å²) in [6.07, 6.45) is 1.56. The first-order valence-electron chi connectivity index (χ1n) is 8.89. The average Bonchev–Trinajstić information content (AvgIpc) is 3.12. The molecule has 0 aliphatic carbocycles. The minimum atomic E-state index is -3.92. The number of para-hydroxylation sites is 1. The Bertz CT molecular complexity index is 1120. The molecule has 0 unspecified atom stereocenters. The normalized spacial score (nSPS) is 11.5. The van der Waals surface area contributed by atoms with Crippen molar-refractivity contribution in [3.8, 4) is 0 Å². The fraction of sp³-hybridized carbons (Fsp3) is 0.143. The number of benzene rings is 2. The Morgan fingerprint density at radius 1 is 1.03 bits per heavy atom. The monoisotopic (exact) mass is 427 g/mol. The van der Waals surface area contributed by atoms with Crippen LogP contribution in [0.5, 0.6) is 0 Å². The molecule has 0 saturated carbocycles. The Morgan fingerprint density at radius 3 is 2.38 bits per heavy atom. The number of hydrazone groups is 1. The summed E-state index contributed by atoms with van der Waals surface area (Å²) in [7, 11) is -3.92. The molecule has 0 fully saturated rings. The lowest BCUT2D eigenvalue weighted by Crippen LogP contribution is -2.40. The molecular formula is C21H21N3O3S2. The Hall–Kier alpha value is -2.97. The van der Waals surface area contributed by atoms with Crippen LogP contribution in [0, 0.1) is 13.8 Å². The van der Waals surface area contributed by atoms with Crippen LogP contribution in [0.3, 0.4) is 0 Å². The van der Waals surface area contributed by atoms with Gasteiger partial charge in [-0.2, -0.15) is 5.10 Å². The molecule has 0 bridgehead atoms. The lowest BCUT2D eigenvalue weighted by atomic mass is 10.2. The number of sulfonamides is 1.